The zero-order valence-electron chi connectivity index (χ0n) is 14.1. The highest BCUT2D eigenvalue weighted by molar-refractivity contribution is 7.89. The fraction of sp³-hybridized carbons (Fsp3) is 0.176. The zero-order chi connectivity index (χ0) is 18.9. The first-order chi connectivity index (χ1) is 12.3. The molecule has 1 heterocycles. The van der Waals surface area contributed by atoms with Gasteiger partial charge >= 0.3 is 5.97 Å². The number of nitrogens with one attached hydrogen (secondary N) is 3. The van der Waals surface area contributed by atoms with Crippen molar-refractivity contribution in [3.05, 3.63) is 53.6 Å². The Morgan fingerprint density at radius 3 is 2.46 bits per heavy atom. The van der Waals surface area contributed by atoms with Crippen LogP contribution >= 0.6 is 0 Å². The number of fused-ring (bicyclic) bond motifs is 1. The minimum absolute atomic E-state index is 0.0922. The van der Waals surface area contributed by atoms with E-state index in [0.717, 1.165) is 5.56 Å². The highest BCUT2D eigenvalue weighted by atomic mass is 32.2. The van der Waals surface area contributed by atoms with Crippen LogP contribution in [0.4, 0.5) is 11.4 Å². The Morgan fingerprint density at radius 2 is 1.81 bits per heavy atom. The number of hydrogen-bond acceptors (Lipinski definition) is 6. The van der Waals surface area contributed by atoms with Crippen LogP contribution in [-0.4, -0.2) is 33.6 Å². The molecule has 0 aromatic heterocycles. The second kappa shape index (κ2) is 6.77. The fourth-order valence-corrected chi connectivity index (χ4v) is 3.79. The number of anilines is 2. The largest absolute Gasteiger partial charge is 0.465 e. The van der Waals surface area contributed by atoms with Gasteiger partial charge in [0.05, 0.1) is 18.4 Å². The number of ether oxygens (including phenoxy) is 1. The molecule has 3 N–H and O–H groups in total. The predicted octanol–water partition coefficient (Wildman–Crippen LogP) is 1.45. The van der Waals surface area contributed by atoms with E-state index in [1.165, 1.54) is 37.4 Å². The summed E-state index contributed by atoms with van der Waals surface area (Å²) in [6.07, 6.45) is -1.16. The molecule has 0 radical (unpaired) electrons. The van der Waals surface area contributed by atoms with Crippen molar-refractivity contribution >= 4 is 33.3 Å². The van der Waals surface area contributed by atoms with Gasteiger partial charge in [0.1, 0.15) is 4.90 Å². The summed E-state index contributed by atoms with van der Waals surface area (Å²) in [4.78, 5) is 23.9. The second-order valence-electron chi connectivity index (χ2n) is 5.76. The molecule has 0 saturated heterocycles. The second-order valence-corrected chi connectivity index (χ2v) is 7.44. The van der Waals surface area contributed by atoms with Crippen molar-refractivity contribution in [2.45, 2.75) is 18.0 Å². The standard InChI is InChI=1S/C17H17N3O5S/c1-10-3-8-14-13(9-10)19-15(20-26(14,23)24)16(21)18-12-6-4-11(5-7-12)17(22)25-2/h3-9,15,19-20H,1-2H3,(H,18,21). The van der Waals surface area contributed by atoms with Gasteiger partial charge in [0, 0.05) is 5.69 Å². The number of esters is 1. The van der Waals surface area contributed by atoms with Crippen molar-refractivity contribution < 1.29 is 22.7 Å². The molecule has 1 unspecified atom stereocenters. The van der Waals surface area contributed by atoms with E-state index < -0.39 is 28.1 Å². The third-order valence-electron chi connectivity index (χ3n) is 3.83. The van der Waals surface area contributed by atoms with Gasteiger partial charge in [-0.25, -0.2) is 13.2 Å². The van der Waals surface area contributed by atoms with Gasteiger partial charge in [-0.15, -0.1) is 0 Å². The van der Waals surface area contributed by atoms with Crippen LogP contribution in [0.3, 0.4) is 0 Å². The van der Waals surface area contributed by atoms with Gasteiger partial charge in [-0.1, -0.05) is 6.07 Å². The molecule has 1 amide bonds. The molecule has 9 heteroatoms. The maximum atomic E-state index is 12.4. The van der Waals surface area contributed by atoms with Crippen LogP contribution in [0.1, 0.15) is 15.9 Å². The van der Waals surface area contributed by atoms with E-state index >= 15 is 0 Å². The Hall–Kier alpha value is -2.91. The molecule has 0 aliphatic carbocycles. The van der Waals surface area contributed by atoms with E-state index in [2.05, 4.69) is 20.1 Å². The van der Waals surface area contributed by atoms with Gasteiger partial charge in [0.15, 0.2) is 6.17 Å². The molecule has 1 aliphatic rings. The summed E-state index contributed by atoms with van der Waals surface area (Å²) in [6.45, 7) is 1.83. The Kier molecular flexibility index (Phi) is 4.66. The Bertz CT molecular complexity index is 970. The quantitative estimate of drug-likeness (QED) is 0.700. The first kappa shape index (κ1) is 17.9. The highest BCUT2D eigenvalue weighted by Gasteiger charge is 2.33. The molecule has 0 spiro atoms. The number of sulfonamides is 1. The smallest absolute Gasteiger partial charge is 0.337 e. The molecular weight excluding hydrogens is 358 g/mol. The lowest BCUT2D eigenvalue weighted by molar-refractivity contribution is -0.117. The average Bonchev–Trinajstić information content (AvgIpc) is 2.60. The van der Waals surface area contributed by atoms with Gasteiger partial charge in [-0.2, -0.15) is 4.72 Å². The van der Waals surface area contributed by atoms with Crippen molar-refractivity contribution in [3.8, 4) is 0 Å². The third kappa shape index (κ3) is 3.53. The lowest BCUT2D eigenvalue weighted by atomic mass is 10.2. The maximum absolute atomic E-state index is 12.4. The van der Waals surface area contributed by atoms with Crippen molar-refractivity contribution in [1.82, 2.24) is 4.72 Å². The Balaban J connectivity index is 1.78. The summed E-state index contributed by atoms with van der Waals surface area (Å²) in [7, 11) is -2.52. The molecule has 1 atom stereocenters. The lowest BCUT2D eigenvalue weighted by Gasteiger charge is -2.27. The van der Waals surface area contributed by atoms with Crippen molar-refractivity contribution in [2.75, 3.05) is 17.7 Å². The minimum atomic E-state index is -3.80. The van der Waals surface area contributed by atoms with Gasteiger partial charge in [0.2, 0.25) is 10.0 Å². The van der Waals surface area contributed by atoms with E-state index in [0.29, 0.717) is 16.9 Å². The summed E-state index contributed by atoms with van der Waals surface area (Å²) in [5.74, 6) is -1.07. The van der Waals surface area contributed by atoms with Crippen LogP contribution in [0, 0.1) is 6.92 Å². The maximum Gasteiger partial charge on any atom is 0.337 e. The number of aryl methyl sites for hydroxylation is 1. The molecule has 136 valence electrons. The van der Waals surface area contributed by atoms with Crippen LogP contribution in [0.15, 0.2) is 47.4 Å². The first-order valence-electron chi connectivity index (χ1n) is 7.69. The van der Waals surface area contributed by atoms with Crippen LogP contribution in [0.2, 0.25) is 0 Å². The molecule has 3 rings (SSSR count). The normalized spacial score (nSPS) is 17.5. The van der Waals surface area contributed by atoms with Gasteiger partial charge in [-0.3, -0.25) is 4.79 Å². The molecule has 2 aromatic carbocycles. The molecule has 0 fully saturated rings. The molecule has 1 aliphatic heterocycles. The average molecular weight is 375 g/mol. The first-order valence-corrected chi connectivity index (χ1v) is 9.17. The molecule has 8 nitrogen and oxygen atoms in total. The van der Waals surface area contributed by atoms with Gasteiger partial charge in [0.25, 0.3) is 5.91 Å². The van der Waals surface area contributed by atoms with Gasteiger partial charge in [-0.05, 0) is 48.9 Å². The van der Waals surface area contributed by atoms with Gasteiger partial charge < -0.3 is 15.4 Å². The van der Waals surface area contributed by atoms with Crippen LogP contribution in [-0.2, 0) is 19.6 Å². The van der Waals surface area contributed by atoms with Crippen molar-refractivity contribution in [2.24, 2.45) is 0 Å². The molecule has 2 aromatic rings. The molecule has 0 bridgehead atoms. The number of benzene rings is 2. The number of amides is 1. The highest BCUT2D eigenvalue weighted by Crippen LogP contribution is 2.27. The lowest BCUT2D eigenvalue weighted by Crippen LogP contribution is -2.51. The number of carbonyl (C=O) groups is 2. The summed E-state index contributed by atoms with van der Waals surface area (Å²) < 4.78 is 31.6. The fourth-order valence-electron chi connectivity index (χ4n) is 2.54. The number of carbonyl (C=O) groups excluding carboxylic acids is 2. The number of methoxy groups -OCH3 is 1. The molecular formula is C17H17N3O5S. The van der Waals surface area contributed by atoms with Crippen LogP contribution in [0.25, 0.3) is 0 Å². The summed E-state index contributed by atoms with van der Waals surface area (Å²) >= 11 is 0. The molecule has 26 heavy (non-hydrogen) atoms. The topological polar surface area (TPSA) is 114 Å². The van der Waals surface area contributed by atoms with Crippen LogP contribution in [0.5, 0.6) is 0 Å². The Morgan fingerprint density at radius 1 is 1.12 bits per heavy atom. The monoisotopic (exact) mass is 375 g/mol. The predicted molar refractivity (Wildman–Crippen MR) is 95.3 cm³/mol. The van der Waals surface area contributed by atoms with E-state index in [9.17, 15) is 18.0 Å². The molecule has 0 saturated carbocycles. The van der Waals surface area contributed by atoms with Crippen molar-refractivity contribution in [1.29, 1.82) is 0 Å². The number of hydrogen-bond donors (Lipinski definition) is 3. The summed E-state index contributed by atoms with van der Waals surface area (Å²) in [5, 5.41) is 5.47. The van der Waals surface area contributed by atoms with Crippen LogP contribution < -0.4 is 15.4 Å². The Labute approximate surface area is 150 Å². The summed E-state index contributed by atoms with van der Waals surface area (Å²) in [6, 6.07) is 10.9. The van der Waals surface area contributed by atoms with E-state index in [1.807, 2.05) is 6.92 Å². The zero-order valence-corrected chi connectivity index (χ0v) is 14.9. The summed E-state index contributed by atoms with van der Waals surface area (Å²) in [5.41, 5.74) is 1.99. The number of rotatable bonds is 3. The van der Waals surface area contributed by atoms with E-state index in [-0.39, 0.29) is 4.90 Å². The third-order valence-corrected chi connectivity index (χ3v) is 5.31. The minimum Gasteiger partial charge on any atom is -0.465 e. The SMILES string of the molecule is COC(=O)c1ccc(NC(=O)C2Nc3cc(C)ccc3S(=O)(=O)N2)cc1. The van der Waals surface area contributed by atoms with E-state index in [4.69, 9.17) is 0 Å². The van der Waals surface area contributed by atoms with E-state index in [1.54, 1.807) is 12.1 Å². The van der Waals surface area contributed by atoms with Crippen molar-refractivity contribution in [3.63, 3.8) is 0 Å².